The molecular weight excluding hydrogens is 338 g/mol. The lowest BCUT2D eigenvalue weighted by molar-refractivity contribution is -0.144. The number of unbranched alkanes of at least 4 members (excludes halogenated alkanes) is 9. The van der Waals surface area contributed by atoms with E-state index in [-0.39, 0.29) is 18.4 Å². The molecule has 0 unspecified atom stereocenters. The van der Waals surface area contributed by atoms with Gasteiger partial charge in [0.05, 0.1) is 6.61 Å². The first kappa shape index (κ1) is 23.2. The molecule has 0 fully saturated rings. The van der Waals surface area contributed by atoms with E-state index in [0.717, 1.165) is 18.4 Å². The molecule has 27 heavy (non-hydrogen) atoms. The Morgan fingerprint density at radius 2 is 1.37 bits per heavy atom. The molecule has 1 rings (SSSR count). The Kier molecular flexibility index (Phi) is 12.2. The number of benzene rings is 1. The zero-order valence-electron chi connectivity index (χ0n) is 17.5. The number of esters is 1. The van der Waals surface area contributed by atoms with Gasteiger partial charge < -0.3 is 9.64 Å². The van der Waals surface area contributed by atoms with Crippen LogP contribution < -0.4 is 0 Å². The van der Waals surface area contributed by atoms with Crippen molar-refractivity contribution >= 4 is 11.9 Å². The number of carbonyl (C=O) groups excluding carboxylic acids is 2. The highest BCUT2D eigenvalue weighted by Gasteiger charge is 2.15. The minimum Gasteiger partial charge on any atom is -0.464 e. The quantitative estimate of drug-likeness (QED) is 0.317. The van der Waals surface area contributed by atoms with Crippen LogP contribution in [0.5, 0.6) is 0 Å². The normalized spacial score (nSPS) is 10.6. The minimum absolute atomic E-state index is 0.00945. The Labute approximate surface area is 165 Å². The molecule has 0 aliphatic carbocycles. The van der Waals surface area contributed by atoms with Gasteiger partial charge in [-0.25, -0.2) is 0 Å². The second-order valence-corrected chi connectivity index (χ2v) is 7.43. The number of nitrogens with zero attached hydrogens (tertiary/aromatic N) is 1. The maximum absolute atomic E-state index is 12.3. The van der Waals surface area contributed by atoms with Crippen LogP contribution in [0.1, 0.15) is 87.1 Å². The maximum atomic E-state index is 12.3. The molecule has 1 amide bonds. The first-order valence-corrected chi connectivity index (χ1v) is 10.5. The Morgan fingerprint density at radius 1 is 0.852 bits per heavy atom. The SMILES string of the molecule is CCCCCCCCCCCCOC(=O)CN(C)C(=O)c1ccc(C)cc1. The van der Waals surface area contributed by atoms with Crippen molar-refractivity contribution in [3.63, 3.8) is 0 Å². The minimum atomic E-state index is -0.339. The summed E-state index contributed by atoms with van der Waals surface area (Å²) < 4.78 is 5.26. The van der Waals surface area contributed by atoms with Gasteiger partial charge in [0, 0.05) is 12.6 Å². The van der Waals surface area contributed by atoms with Crippen molar-refractivity contribution in [1.29, 1.82) is 0 Å². The molecule has 4 nitrogen and oxygen atoms in total. The van der Waals surface area contributed by atoms with Gasteiger partial charge in [-0.05, 0) is 25.5 Å². The molecule has 152 valence electrons. The van der Waals surface area contributed by atoms with Crippen LogP contribution in [0, 0.1) is 6.92 Å². The lowest BCUT2D eigenvalue weighted by atomic mass is 10.1. The van der Waals surface area contributed by atoms with Crippen LogP contribution in [0.3, 0.4) is 0 Å². The predicted octanol–water partition coefficient (Wildman–Crippen LogP) is 5.53. The average Bonchev–Trinajstić information content (AvgIpc) is 2.66. The molecule has 0 heterocycles. The van der Waals surface area contributed by atoms with Gasteiger partial charge in [-0.3, -0.25) is 9.59 Å². The molecule has 0 spiro atoms. The molecule has 0 aliphatic rings. The van der Waals surface area contributed by atoms with E-state index in [0.29, 0.717) is 12.2 Å². The number of amides is 1. The highest BCUT2D eigenvalue weighted by molar-refractivity contribution is 5.95. The smallest absolute Gasteiger partial charge is 0.325 e. The molecule has 4 heteroatoms. The van der Waals surface area contributed by atoms with E-state index in [1.807, 2.05) is 19.1 Å². The van der Waals surface area contributed by atoms with E-state index < -0.39 is 0 Å². The van der Waals surface area contributed by atoms with E-state index in [1.165, 1.54) is 56.3 Å². The number of hydrogen-bond acceptors (Lipinski definition) is 3. The van der Waals surface area contributed by atoms with Gasteiger partial charge in [0.1, 0.15) is 6.54 Å². The summed E-state index contributed by atoms with van der Waals surface area (Å²) in [5, 5.41) is 0. The topological polar surface area (TPSA) is 46.6 Å². The van der Waals surface area contributed by atoms with Crippen molar-refractivity contribution in [1.82, 2.24) is 4.90 Å². The van der Waals surface area contributed by atoms with Crippen LogP contribution in [0.25, 0.3) is 0 Å². The first-order chi connectivity index (χ1) is 13.0. The van der Waals surface area contributed by atoms with Gasteiger partial charge in [0.25, 0.3) is 5.91 Å². The van der Waals surface area contributed by atoms with E-state index in [4.69, 9.17) is 4.74 Å². The largest absolute Gasteiger partial charge is 0.464 e. The van der Waals surface area contributed by atoms with Crippen LogP contribution in [-0.4, -0.2) is 37.0 Å². The second-order valence-electron chi connectivity index (χ2n) is 7.43. The predicted molar refractivity (Wildman–Crippen MR) is 111 cm³/mol. The number of carbonyl (C=O) groups is 2. The number of ether oxygens (including phenoxy) is 1. The molecule has 0 aromatic heterocycles. The summed E-state index contributed by atoms with van der Waals surface area (Å²) in [4.78, 5) is 25.6. The third-order valence-electron chi connectivity index (χ3n) is 4.77. The number of likely N-dealkylation sites (N-methyl/N-ethyl adjacent to an activating group) is 1. The molecule has 1 aromatic rings. The van der Waals surface area contributed by atoms with Crippen molar-refractivity contribution in [3.05, 3.63) is 35.4 Å². The molecule has 0 N–H and O–H groups in total. The van der Waals surface area contributed by atoms with Gasteiger partial charge >= 0.3 is 5.97 Å². The highest BCUT2D eigenvalue weighted by atomic mass is 16.5. The lowest BCUT2D eigenvalue weighted by Crippen LogP contribution is -2.33. The van der Waals surface area contributed by atoms with Gasteiger partial charge in [-0.2, -0.15) is 0 Å². The van der Waals surface area contributed by atoms with E-state index in [2.05, 4.69) is 6.92 Å². The molecule has 0 radical (unpaired) electrons. The van der Waals surface area contributed by atoms with E-state index in [9.17, 15) is 9.59 Å². The van der Waals surface area contributed by atoms with Crippen molar-refractivity contribution in [2.24, 2.45) is 0 Å². The molecule has 0 saturated carbocycles. The van der Waals surface area contributed by atoms with Crippen LogP contribution in [-0.2, 0) is 9.53 Å². The van der Waals surface area contributed by atoms with Crippen LogP contribution in [0.2, 0.25) is 0 Å². The van der Waals surface area contributed by atoms with E-state index >= 15 is 0 Å². The summed E-state index contributed by atoms with van der Waals surface area (Å²) in [6.07, 6.45) is 12.5. The van der Waals surface area contributed by atoms with Crippen molar-refractivity contribution in [2.45, 2.75) is 78.1 Å². The fourth-order valence-electron chi connectivity index (χ4n) is 3.00. The first-order valence-electron chi connectivity index (χ1n) is 10.5. The summed E-state index contributed by atoms with van der Waals surface area (Å²) in [7, 11) is 1.63. The molecular formula is C23H37NO3. The van der Waals surface area contributed by atoms with Crippen molar-refractivity contribution in [3.8, 4) is 0 Å². The lowest BCUT2D eigenvalue weighted by Gasteiger charge is -2.16. The summed E-state index contributed by atoms with van der Waals surface area (Å²) in [5.41, 5.74) is 1.69. The maximum Gasteiger partial charge on any atom is 0.325 e. The number of hydrogen-bond donors (Lipinski definition) is 0. The summed E-state index contributed by atoms with van der Waals surface area (Å²) >= 11 is 0. The average molecular weight is 376 g/mol. The molecule has 0 aliphatic heterocycles. The number of rotatable bonds is 14. The standard InChI is InChI=1S/C23H37NO3/c1-4-5-6-7-8-9-10-11-12-13-18-27-22(25)19-24(3)23(26)21-16-14-20(2)15-17-21/h14-17H,4-13,18-19H2,1-3H3. The molecule has 0 atom stereocenters. The summed E-state index contributed by atoms with van der Waals surface area (Å²) in [6.45, 7) is 4.65. The van der Waals surface area contributed by atoms with Crippen molar-refractivity contribution in [2.75, 3.05) is 20.2 Å². The molecule has 1 aromatic carbocycles. The summed E-state index contributed by atoms with van der Waals surface area (Å²) in [5.74, 6) is -0.500. The van der Waals surface area contributed by atoms with Crippen LogP contribution in [0.4, 0.5) is 0 Å². The van der Waals surface area contributed by atoms with E-state index in [1.54, 1.807) is 19.2 Å². The third-order valence-corrected chi connectivity index (χ3v) is 4.77. The Hall–Kier alpha value is -1.84. The fraction of sp³-hybridized carbons (Fsp3) is 0.652. The van der Waals surface area contributed by atoms with Crippen LogP contribution in [0.15, 0.2) is 24.3 Å². The monoisotopic (exact) mass is 375 g/mol. The van der Waals surface area contributed by atoms with Crippen molar-refractivity contribution < 1.29 is 14.3 Å². The summed E-state index contributed by atoms with van der Waals surface area (Å²) in [6, 6.07) is 7.35. The molecule has 0 bridgehead atoms. The van der Waals surface area contributed by atoms with Gasteiger partial charge in [0.15, 0.2) is 0 Å². The van der Waals surface area contributed by atoms with Gasteiger partial charge in [-0.1, -0.05) is 82.4 Å². The zero-order chi connectivity index (χ0) is 19.9. The van der Waals surface area contributed by atoms with Gasteiger partial charge in [-0.15, -0.1) is 0 Å². The fourth-order valence-corrected chi connectivity index (χ4v) is 3.00. The highest BCUT2D eigenvalue weighted by Crippen LogP contribution is 2.10. The van der Waals surface area contributed by atoms with Crippen LogP contribution >= 0.6 is 0 Å². The van der Waals surface area contributed by atoms with Gasteiger partial charge in [0.2, 0.25) is 0 Å². The second kappa shape index (κ2) is 14.2. The zero-order valence-corrected chi connectivity index (χ0v) is 17.5. The molecule has 0 saturated heterocycles. The Balaban J connectivity index is 2.05. The Morgan fingerprint density at radius 3 is 1.93 bits per heavy atom. The Bertz CT molecular complexity index is 539. The number of aryl methyl sites for hydroxylation is 1. The third kappa shape index (κ3) is 10.8.